The van der Waals surface area contributed by atoms with Crippen LogP contribution in [0.4, 0.5) is 21.0 Å². The second kappa shape index (κ2) is 20.9. The van der Waals surface area contributed by atoms with Crippen molar-refractivity contribution in [3.63, 3.8) is 0 Å². The molecule has 14 nitrogen and oxygen atoms in total. The molecule has 4 fully saturated rings. The quantitative estimate of drug-likeness (QED) is 0.126. The van der Waals surface area contributed by atoms with E-state index in [0.717, 1.165) is 11.1 Å². The third-order valence-corrected chi connectivity index (χ3v) is 14.0. The summed E-state index contributed by atoms with van der Waals surface area (Å²) in [6, 6.07) is 22.3. The normalized spacial score (nSPS) is 22.8. The second-order valence-electron chi connectivity index (χ2n) is 18.9. The van der Waals surface area contributed by atoms with Crippen molar-refractivity contribution >= 4 is 47.2 Å². The minimum atomic E-state index is -0.810. The van der Waals surface area contributed by atoms with Gasteiger partial charge in [-0.2, -0.15) is 0 Å². The van der Waals surface area contributed by atoms with Crippen LogP contribution in [-0.2, 0) is 28.7 Å². The molecule has 2 unspecified atom stereocenters. The predicted octanol–water partition coefficient (Wildman–Crippen LogP) is 8.02. The number of amides is 6. The molecule has 14 heteroatoms. The Labute approximate surface area is 382 Å². The molecule has 0 radical (unpaired) electrons. The highest BCUT2D eigenvalue weighted by Gasteiger charge is 2.52. The lowest BCUT2D eigenvalue weighted by Crippen LogP contribution is -2.54. The van der Waals surface area contributed by atoms with Crippen LogP contribution in [-0.4, -0.2) is 97.1 Å². The van der Waals surface area contributed by atoms with Gasteiger partial charge in [0, 0.05) is 24.5 Å². The van der Waals surface area contributed by atoms with Crippen LogP contribution in [0.2, 0.25) is 0 Å². The van der Waals surface area contributed by atoms with Crippen molar-refractivity contribution < 1.29 is 38.2 Å². The predicted molar refractivity (Wildman–Crippen MR) is 248 cm³/mol. The van der Waals surface area contributed by atoms with Gasteiger partial charge in [-0.1, -0.05) is 95.5 Å². The van der Waals surface area contributed by atoms with Gasteiger partial charge in [-0.15, -0.1) is 0 Å². The molecule has 2 aliphatic carbocycles. The first-order chi connectivity index (χ1) is 31.3. The Morgan fingerprint density at radius 2 is 0.846 bits per heavy atom. The highest BCUT2D eigenvalue weighted by atomic mass is 16.5. The minimum Gasteiger partial charge on any atom is -0.453 e. The van der Waals surface area contributed by atoms with Crippen molar-refractivity contribution in [3.05, 3.63) is 95.1 Å². The Balaban J connectivity index is 1.05. The Hall–Kier alpha value is -5.92. The first-order valence-electron chi connectivity index (χ1n) is 23.5. The van der Waals surface area contributed by atoms with E-state index in [1.807, 2.05) is 52.0 Å². The summed E-state index contributed by atoms with van der Waals surface area (Å²) in [6.07, 6.45) is 7.38. The summed E-state index contributed by atoms with van der Waals surface area (Å²) in [7, 11) is 2.51. The van der Waals surface area contributed by atoms with Crippen LogP contribution in [0, 0.1) is 11.8 Å². The zero-order valence-corrected chi connectivity index (χ0v) is 38.6. The summed E-state index contributed by atoms with van der Waals surface area (Å²) in [5.41, 5.74) is 6.24. The van der Waals surface area contributed by atoms with Crippen LogP contribution in [0.1, 0.15) is 131 Å². The first-order valence-corrected chi connectivity index (χ1v) is 23.5. The molecule has 2 saturated heterocycles. The molecule has 3 aromatic carbocycles. The number of hydrogen-bond acceptors (Lipinski definition) is 8. The van der Waals surface area contributed by atoms with Crippen molar-refractivity contribution in [2.75, 3.05) is 37.9 Å². The van der Waals surface area contributed by atoms with Gasteiger partial charge in [-0.3, -0.25) is 19.2 Å². The molecule has 65 heavy (non-hydrogen) atoms. The second-order valence-corrected chi connectivity index (χ2v) is 18.9. The van der Waals surface area contributed by atoms with Crippen molar-refractivity contribution in [2.24, 2.45) is 11.8 Å². The lowest BCUT2D eigenvalue weighted by molar-refractivity contribution is -0.139. The van der Waals surface area contributed by atoms with Gasteiger partial charge >= 0.3 is 12.2 Å². The summed E-state index contributed by atoms with van der Waals surface area (Å²) in [5, 5.41) is 11.4. The van der Waals surface area contributed by atoms with E-state index in [1.165, 1.54) is 57.5 Å². The van der Waals surface area contributed by atoms with E-state index in [0.29, 0.717) is 56.1 Å². The highest BCUT2D eigenvalue weighted by molar-refractivity contribution is 5.99. The van der Waals surface area contributed by atoms with Gasteiger partial charge in [0.05, 0.1) is 14.2 Å². The molecule has 0 aromatic heterocycles. The molecular weight excluding hydrogens is 825 g/mol. The lowest BCUT2D eigenvalue weighted by Gasteiger charge is -2.30. The molecule has 6 atom stereocenters. The molecule has 6 amide bonds. The summed E-state index contributed by atoms with van der Waals surface area (Å²) >= 11 is 0. The number of rotatable bonds is 14. The van der Waals surface area contributed by atoms with Crippen molar-refractivity contribution in [3.8, 4) is 0 Å². The first kappa shape index (κ1) is 47.1. The van der Waals surface area contributed by atoms with E-state index >= 15 is 0 Å². The van der Waals surface area contributed by atoms with Crippen LogP contribution in [0.3, 0.4) is 0 Å². The number of carbonyl (C=O) groups excluding carboxylic acids is 6. The van der Waals surface area contributed by atoms with Crippen LogP contribution in [0.5, 0.6) is 0 Å². The topological polar surface area (TPSA) is 175 Å². The summed E-state index contributed by atoms with van der Waals surface area (Å²) in [6.45, 7) is 8.23. The van der Waals surface area contributed by atoms with Crippen molar-refractivity contribution in [1.29, 1.82) is 0 Å². The monoisotopic (exact) mass is 890 g/mol. The molecule has 348 valence electrons. The Morgan fingerprint density at radius 3 is 1.20 bits per heavy atom. The SMILES string of the molecule is COC(=O)N[C@H](C(=O)N1CCC[C@H]1C(=O)Nc1ccc(C2C(c3ccc(NC(=O)[C@@H]4CCCN4C(=O)[C@@H](NC(=O)OC)C(C)C)cc3)C2c2ccc(C3CCCCC3)cc2)cc1)C(C)C. The fourth-order valence-corrected chi connectivity index (χ4v) is 10.4. The fourth-order valence-electron chi connectivity index (χ4n) is 10.4. The zero-order valence-electron chi connectivity index (χ0n) is 38.6. The number of ether oxygens (including phenoxy) is 2. The van der Waals surface area contributed by atoms with Gasteiger partial charge in [0.2, 0.25) is 23.6 Å². The summed E-state index contributed by atoms with van der Waals surface area (Å²) < 4.78 is 9.49. The van der Waals surface area contributed by atoms with E-state index in [1.54, 1.807) is 9.80 Å². The third-order valence-electron chi connectivity index (χ3n) is 14.0. The Bertz CT molecular complexity index is 2050. The zero-order chi connectivity index (χ0) is 46.4. The number of carbonyl (C=O) groups is 6. The number of hydrogen-bond donors (Lipinski definition) is 4. The molecule has 2 heterocycles. The van der Waals surface area contributed by atoms with Crippen LogP contribution >= 0.6 is 0 Å². The maximum Gasteiger partial charge on any atom is 0.407 e. The van der Waals surface area contributed by atoms with Crippen molar-refractivity contribution in [2.45, 2.75) is 133 Å². The van der Waals surface area contributed by atoms with Gasteiger partial charge in [-0.05, 0) is 121 Å². The van der Waals surface area contributed by atoms with Crippen LogP contribution in [0.25, 0.3) is 0 Å². The Morgan fingerprint density at radius 1 is 0.492 bits per heavy atom. The van der Waals surface area contributed by atoms with E-state index in [4.69, 9.17) is 9.47 Å². The molecule has 3 aromatic rings. The standard InChI is InChI=1S/C51H66N6O8/c1-30(2)44(54-50(62)64-5)48(60)56-28-10-14-39(56)46(58)52-37-24-20-35(21-25-37)42-41(34-18-16-33(17-19-34)32-12-8-7-9-13-32)43(42)36-22-26-38(27-23-36)53-47(59)40-15-11-29-57(40)49(61)45(31(3)4)55-51(63)65-6/h16-27,30-32,39-45H,7-15,28-29H2,1-6H3,(H,52,58)(H,53,59)(H,54,62)(H,55,63)/t39-,40-,41?,42?,43?,44-,45-/m0/s1. The smallest absolute Gasteiger partial charge is 0.407 e. The van der Waals surface area contributed by atoms with Crippen LogP contribution < -0.4 is 21.3 Å². The average Bonchev–Trinajstić information content (AvgIpc) is 3.58. The van der Waals surface area contributed by atoms with Gasteiger partial charge in [0.25, 0.3) is 0 Å². The maximum atomic E-state index is 13.7. The number of methoxy groups -OCH3 is 2. The molecule has 4 N–H and O–H groups in total. The average molecular weight is 891 g/mol. The number of alkyl carbamates (subject to hydrolysis) is 2. The molecule has 4 aliphatic rings. The fraction of sp³-hybridized carbons (Fsp3) is 0.529. The van der Waals surface area contributed by atoms with E-state index in [-0.39, 0.29) is 53.2 Å². The summed E-state index contributed by atoms with van der Waals surface area (Å²) in [4.78, 5) is 81.7. The molecule has 0 spiro atoms. The third kappa shape index (κ3) is 10.8. The van der Waals surface area contributed by atoms with Gasteiger partial charge in [0.15, 0.2) is 0 Å². The minimum absolute atomic E-state index is 0.171. The molecule has 2 aliphatic heterocycles. The van der Waals surface area contributed by atoms with E-state index in [2.05, 4.69) is 69.8 Å². The summed E-state index contributed by atoms with van der Waals surface area (Å²) in [5.74, 6) is -0.359. The molecule has 0 bridgehead atoms. The number of anilines is 2. The lowest BCUT2D eigenvalue weighted by atomic mass is 9.83. The Kier molecular flexibility index (Phi) is 15.2. The van der Waals surface area contributed by atoms with Gasteiger partial charge in [-0.25, -0.2) is 9.59 Å². The van der Waals surface area contributed by atoms with E-state index in [9.17, 15) is 28.8 Å². The van der Waals surface area contributed by atoms with E-state index < -0.39 is 36.4 Å². The largest absolute Gasteiger partial charge is 0.453 e. The number of nitrogens with zero attached hydrogens (tertiary/aromatic N) is 2. The molecule has 2 saturated carbocycles. The van der Waals surface area contributed by atoms with Crippen molar-refractivity contribution in [1.82, 2.24) is 20.4 Å². The number of benzene rings is 3. The van der Waals surface area contributed by atoms with Crippen LogP contribution in [0.15, 0.2) is 72.8 Å². The van der Waals surface area contributed by atoms with Gasteiger partial charge in [0.1, 0.15) is 24.2 Å². The maximum absolute atomic E-state index is 13.7. The highest BCUT2D eigenvalue weighted by Crippen LogP contribution is 2.66. The molecular formula is C51H66N6O8. The number of nitrogens with one attached hydrogen (secondary N) is 4. The van der Waals surface area contributed by atoms with Gasteiger partial charge < -0.3 is 40.5 Å². The number of likely N-dealkylation sites (tertiary alicyclic amines) is 2. The molecule has 7 rings (SSSR count).